The number of thioether (sulfide) groups is 1. The van der Waals surface area contributed by atoms with Crippen molar-refractivity contribution in [2.75, 3.05) is 5.75 Å². The Morgan fingerprint density at radius 1 is 1.27 bits per heavy atom. The summed E-state index contributed by atoms with van der Waals surface area (Å²) >= 11 is 1.71. The van der Waals surface area contributed by atoms with Crippen LogP contribution < -0.4 is 0 Å². The second kappa shape index (κ2) is 3.27. The minimum Gasteiger partial charge on any atom is -0.345 e. The number of nitrogens with one attached hydrogen (secondary N) is 2. The average molecular weight is 218 g/mol. The molecular formula is C10H10N4S. The number of nitrogens with zero attached hydrogens (tertiary/aromatic N) is 2. The van der Waals surface area contributed by atoms with E-state index >= 15 is 0 Å². The summed E-state index contributed by atoms with van der Waals surface area (Å²) in [5.74, 6) is 1.02. The summed E-state index contributed by atoms with van der Waals surface area (Å²) in [5, 5.41) is 0.972. The number of imidazole rings is 2. The first-order valence-corrected chi connectivity index (χ1v) is 5.81. The van der Waals surface area contributed by atoms with E-state index in [4.69, 9.17) is 0 Å². The number of hydrogen-bond acceptors (Lipinski definition) is 3. The van der Waals surface area contributed by atoms with Crippen LogP contribution in [0.1, 0.15) is 6.92 Å². The molecule has 2 heterocycles. The quantitative estimate of drug-likeness (QED) is 0.650. The highest BCUT2D eigenvalue weighted by atomic mass is 32.2. The van der Waals surface area contributed by atoms with Crippen molar-refractivity contribution in [3.05, 3.63) is 18.5 Å². The highest BCUT2D eigenvalue weighted by Gasteiger charge is 2.05. The Morgan fingerprint density at radius 2 is 2.20 bits per heavy atom. The Labute approximate surface area is 90.5 Å². The molecule has 0 saturated carbocycles. The molecule has 0 radical (unpaired) electrons. The summed E-state index contributed by atoms with van der Waals surface area (Å²) in [6.45, 7) is 2.11. The van der Waals surface area contributed by atoms with Crippen LogP contribution in [0.4, 0.5) is 0 Å². The summed E-state index contributed by atoms with van der Waals surface area (Å²) < 4.78 is 0. The molecule has 3 aromatic rings. The van der Waals surface area contributed by atoms with E-state index in [1.54, 1.807) is 18.1 Å². The summed E-state index contributed by atoms with van der Waals surface area (Å²) in [6.07, 6.45) is 1.70. The molecule has 0 atom stereocenters. The van der Waals surface area contributed by atoms with E-state index in [1.807, 2.05) is 12.1 Å². The Kier molecular flexibility index (Phi) is 1.92. The maximum atomic E-state index is 4.49. The molecule has 3 rings (SSSR count). The SMILES string of the molecule is CCSc1nc2cc3nc[nH]c3cc2[nH]1. The molecule has 2 N–H and O–H groups in total. The van der Waals surface area contributed by atoms with E-state index in [0.29, 0.717) is 0 Å². The van der Waals surface area contributed by atoms with Gasteiger partial charge in [-0.25, -0.2) is 9.97 Å². The molecule has 0 aliphatic rings. The molecule has 15 heavy (non-hydrogen) atoms. The molecule has 4 nitrogen and oxygen atoms in total. The third kappa shape index (κ3) is 1.39. The van der Waals surface area contributed by atoms with Crippen LogP contribution in [-0.2, 0) is 0 Å². The predicted octanol–water partition coefficient (Wildman–Crippen LogP) is 2.55. The first-order valence-electron chi connectivity index (χ1n) is 4.82. The van der Waals surface area contributed by atoms with Gasteiger partial charge in [0.05, 0.1) is 28.4 Å². The van der Waals surface area contributed by atoms with Gasteiger partial charge >= 0.3 is 0 Å². The Bertz CT molecular complexity index is 562. The van der Waals surface area contributed by atoms with Crippen LogP contribution in [0.3, 0.4) is 0 Å². The zero-order valence-corrected chi connectivity index (χ0v) is 9.06. The number of rotatable bonds is 2. The van der Waals surface area contributed by atoms with Gasteiger partial charge in [-0.3, -0.25) is 0 Å². The summed E-state index contributed by atoms with van der Waals surface area (Å²) in [7, 11) is 0. The maximum Gasteiger partial charge on any atom is 0.166 e. The smallest absolute Gasteiger partial charge is 0.166 e. The second-order valence-corrected chi connectivity index (χ2v) is 4.52. The van der Waals surface area contributed by atoms with E-state index < -0.39 is 0 Å². The average Bonchev–Trinajstić information content (AvgIpc) is 2.78. The van der Waals surface area contributed by atoms with Crippen LogP contribution in [0, 0.1) is 0 Å². The van der Waals surface area contributed by atoms with E-state index in [1.165, 1.54) is 0 Å². The van der Waals surface area contributed by atoms with E-state index in [-0.39, 0.29) is 0 Å². The van der Waals surface area contributed by atoms with Crippen LogP contribution in [0.2, 0.25) is 0 Å². The highest BCUT2D eigenvalue weighted by Crippen LogP contribution is 2.22. The fourth-order valence-corrected chi connectivity index (χ4v) is 2.24. The molecule has 2 aromatic heterocycles. The number of benzene rings is 1. The van der Waals surface area contributed by atoms with Gasteiger partial charge in [0.1, 0.15) is 0 Å². The second-order valence-electron chi connectivity index (χ2n) is 3.26. The van der Waals surface area contributed by atoms with Crippen LogP contribution in [0.5, 0.6) is 0 Å². The molecule has 0 saturated heterocycles. The fraction of sp³-hybridized carbons (Fsp3) is 0.200. The van der Waals surface area contributed by atoms with Crippen molar-refractivity contribution < 1.29 is 0 Å². The molecule has 0 spiro atoms. The highest BCUT2D eigenvalue weighted by molar-refractivity contribution is 7.99. The Morgan fingerprint density at radius 3 is 3.07 bits per heavy atom. The molecular weight excluding hydrogens is 208 g/mol. The van der Waals surface area contributed by atoms with Gasteiger partial charge in [0.15, 0.2) is 5.16 Å². The van der Waals surface area contributed by atoms with Gasteiger partial charge in [-0.1, -0.05) is 18.7 Å². The van der Waals surface area contributed by atoms with E-state index in [9.17, 15) is 0 Å². The summed E-state index contributed by atoms with van der Waals surface area (Å²) in [6, 6.07) is 4.04. The maximum absolute atomic E-state index is 4.49. The monoisotopic (exact) mass is 218 g/mol. The van der Waals surface area contributed by atoms with E-state index in [0.717, 1.165) is 33.0 Å². The lowest BCUT2D eigenvalue weighted by Crippen LogP contribution is -1.73. The van der Waals surface area contributed by atoms with Crippen LogP contribution in [0.25, 0.3) is 22.1 Å². The van der Waals surface area contributed by atoms with Crippen molar-refractivity contribution in [2.45, 2.75) is 12.1 Å². The standard InChI is InChI=1S/C10H10N4S/c1-2-15-10-13-8-3-6-7(12-5-11-6)4-9(8)14-10/h3-5H,2H2,1H3,(H,11,12)(H,13,14). The Hall–Kier alpha value is -1.49. The van der Waals surface area contributed by atoms with Gasteiger partial charge in [0.25, 0.3) is 0 Å². The van der Waals surface area contributed by atoms with Gasteiger partial charge in [-0.05, 0) is 17.9 Å². The van der Waals surface area contributed by atoms with Crippen molar-refractivity contribution >= 4 is 33.8 Å². The first-order chi connectivity index (χ1) is 7.36. The zero-order chi connectivity index (χ0) is 10.3. The summed E-state index contributed by atoms with van der Waals surface area (Å²) in [4.78, 5) is 15.1. The topological polar surface area (TPSA) is 57.4 Å². The zero-order valence-electron chi connectivity index (χ0n) is 8.24. The Balaban J connectivity index is 2.24. The van der Waals surface area contributed by atoms with Crippen LogP contribution in [-0.4, -0.2) is 25.7 Å². The molecule has 1 aromatic carbocycles. The van der Waals surface area contributed by atoms with Crippen molar-refractivity contribution in [1.82, 2.24) is 19.9 Å². The minimum atomic E-state index is 0.960. The van der Waals surface area contributed by atoms with Gasteiger partial charge in [-0.2, -0.15) is 0 Å². The normalized spacial score (nSPS) is 11.5. The third-order valence-corrected chi connectivity index (χ3v) is 3.04. The lowest BCUT2D eigenvalue weighted by molar-refractivity contribution is 1.08. The number of H-pyrrole nitrogens is 2. The molecule has 0 fully saturated rings. The summed E-state index contributed by atoms with van der Waals surface area (Å²) in [5.41, 5.74) is 4.04. The van der Waals surface area contributed by atoms with Crippen LogP contribution >= 0.6 is 11.8 Å². The van der Waals surface area contributed by atoms with Gasteiger partial charge < -0.3 is 9.97 Å². The molecule has 76 valence electrons. The lowest BCUT2D eigenvalue weighted by atomic mass is 10.3. The predicted molar refractivity (Wildman–Crippen MR) is 62.1 cm³/mol. The lowest BCUT2D eigenvalue weighted by Gasteiger charge is -1.88. The fourth-order valence-electron chi connectivity index (χ4n) is 1.62. The molecule has 0 aliphatic heterocycles. The van der Waals surface area contributed by atoms with Crippen molar-refractivity contribution in [3.63, 3.8) is 0 Å². The molecule has 0 unspecified atom stereocenters. The largest absolute Gasteiger partial charge is 0.345 e. The van der Waals surface area contributed by atoms with Gasteiger partial charge in [0, 0.05) is 0 Å². The first kappa shape index (κ1) is 8.79. The van der Waals surface area contributed by atoms with Crippen molar-refractivity contribution in [1.29, 1.82) is 0 Å². The van der Waals surface area contributed by atoms with Crippen molar-refractivity contribution in [2.24, 2.45) is 0 Å². The molecule has 0 bridgehead atoms. The number of aromatic amines is 2. The van der Waals surface area contributed by atoms with E-state index in [2.05, 4.69) is 26.9 Å². The third-order valence-electron chi connectivity index (χ3n) is 2.28. The number of fused-ring (bicyclic) bond motifs is 2. The van der Waals surface area contributed by atoms with Crippen LogP contribution in [0.15, 0.2) is 23.6 Å². The molecule has 0 aliphatic carbocycles. The van der Waals surface area contributed by atoms with Crippen molar-refractivity contribution in [3.8, 4) is 0 Å². The molecule has 5 heteroatoms. The van der Waals surface area contributed by atoms with Gasteiger partial charge in [0.2, 0.25) is 0 Å². The number of aromatic nitrogens is 4. The minimum absolute atomic E-state index is 0.960. The molecule has 0 amide bonds. The van der Waals surface area contributed by atoms with Gasteiger partial charge in [-0.15, -0.1) is 0 Å². The number of hydrogen-bond donors (Lipinski definition) is 2.